The summed E-state index contributed by atoms with van der Waals surface area (Å²) in [5, 5.41) is 9.24. The fourth-order valence-corrected chi connectivity index (χ4v) is 4.55. The lowest BCUT2D eigenvalue weighted by Crippen LogP contribution is -2.10. The fraction of sp³-hybridized carbons (Fsp3) is 0.269. The number of aromatic carboxylic acids is 1. The highest BCUT2D eigenvalue weighted by Gasteiger charge is 2.27. The third-order valence-electron chi connectivity index (χ3n) is 6.41. The Morgan fingerprint density at radius 3 is 1.91 bits per heavy atom. The van der Waals surface area contributed by atoms with Crippen LogP contribution < -0.4 is 0 Å². The van der Waals surface area contributed by atoms with Gasteiger partial charge in [0.15, 0.2) is 17.5 Å². The summed E-state index contributed by atoms with van der Waals surface area (Å²) in [6.07, 6.45) is 4.31. The molecule has 0 spiro atoms. The van der Waals surface area contributed by atoms with Crippen molar-refractivity contribution in [3.8, 4) is 22.3 Å². The summed E-state index contributed by atoms with van der Waals surface area (Å²) in [5.41, 5.74) is -0.902. The molecule has 0 aliphatic heterocycles. The van der Waals surface area contributed by atoms with E-state index in [2.05, 4.69) is 6.92 Å². The highest BCUT2D eigenvalue weighted by molar-refractivity contribution is 5.94. The third-order valence-corrected chi connectivity index (χ3v) is 6.41. The second-order valence-corrected chi connectivity index (χ2v) is 8.61. The first-order valence-corrected chi connectivity index (χ1v) is 10.7. The predicted molar refractivity (Wildman–Crippen MR) is 114 cm³/mol. The minimum atomic E-state index is -1.87. The third kappa shape index (κ3) is 4.36. The average Bonchev–Trinajstić information content (AvgIpc) is 2.77. The van der Waals surface area contributed by atoms with Gasteiger partial charge in [0.1, 0.15) is 17.2 Å². The number of benzene rings is 3. The van der Waals surface area contributed by atoms with Gasteiger partial charge >= 0.3 is 5.97 Å². The normalized spacial score (nSPS) is 18.4. The first-order chi connectivity index (χ1) is 15.7. The van der Waals surface area contributed by atoms with Crippen LogP contribution in [-0.2, 0) is 0 Å². The topological polar surface area (TPSA) is 37.3 Å². The van der Waals surface area contributed by atoms with Crippen molar-refractivity contribution in [2.75, 3.05) is 0 Å². The lowest BCUT2D eigenvalue weighted by Gasteiger charge is -2.26. The molecule has 33 heavy (non-hydrogen) atoms. The van der Waals surface area contributed by atoms with Crippen LogP contribution in [0, 0.1) is 35.0 Å². The van der Waals surface area contributed by atoms with Gasteiger partial charge in [-0.2, -0.15) is 0 Å². The summed E-state index contributed by atoms with van der Waals surface area (Å²) < 4.78 is 71.0. The largest absolute Gasteiger partial charge is 0.477 e. The number of hydrogen-bond donors (Lipinski definition) is 1. The fourth-order valence-electron chi connectivity index (χ4n) is 4.55. The zero-order chi connectivity index (χ0) is 23.9. The van der Waals surface area contributed by atoms with E-state index in [0.29, 0.717) is 29.5 Å². The minimum absolute atomic E-state index is 0.0933. The molecule has 1 N–H and O–H groups in total. The second-order valence-electron chi connectivity index (χ2n) is 8.61. The molecule has 3 aromatic rings. The minimum Gasteiger partial charge on any atom is -0.477 e. The first-order valence-electron chi connectivity index (χ1n) is 10.7. The van der Waals surface area contributed by atoms with Crippen LogP contribution in [0.2, 0.25) is 0 Å². The maximum atomic E-state index is 15.2. The standard InChI is InChI=1S/C26H21F5O2/c1-13-2-4-14(5-3-13)15-6-8-16(9-7-15)18-12-19(27)23(26(32)33)25(31)22(18)17-10-20(28)24(30)21(29)11-17/h6-14H,2-5H2,1H3,(H,32,33). The number of rotatable bonds is 4. The lowest BCUT2D eigenvalue weighted by atomic mass is 9.79. The Balaban J connectivity index is 1.85. The quantitative estimate of drug-likeness (QED) is 0.320. The first kappa shape index (κ1) is 23.0. The van der Waals surface area contributed by atoms with E-state index in [1.54, 1.807) is 12.1 Å². The molecule has 0 radical (unpaired) electrons. The maximum absolute atomic E-state index is 15.2. The van der Waals surface area contributed by atoms with E-state index in [9.17, 15) is 27.5 Å². The van der Waals surface area contributed by atoms with Crippen LogP contribution in [-0.4, -0.2) is 11.1 Å². The Morgan fingerprint density at radius 1 is 0.788 bits per heavy atom. The zero-order valence-electron chi connectivity index (χ0n) is 17.8. The van der Waals surface area contributed by atoms with Crippen LogP contribution in [0.15, 0.2) is 42.5 Å². The van der Waals surface area contributed by atoms with Gasteiger partial charge in [-0.05, 0) is 65.1 Å². The van der Waals surface area contributed by atoms with E-state index in [1.165, 1.54) is 0 Å². The molecular weight excluding hydrogens is 439 g/mol. The summed E-state index contributed by atoms with van der Waals surface area (Å²) in [4.78, 5) is 11.4. The van der Waals surface area contributed by atoms with Crippen molar-refractivity contribution in [1.82, 2.24) is 0 Å². The molecule has 0 atom stereocenters. The van der Waals surface area contributed by atoms with Crippen molar-refractivity contribution >= 4 is 5.97 Å². The Labute approximate surface area is 187 Å². The molecule has 1 fully saturated rings. The number of carbonyl (C=O) groups is 1. The van der Waals surface area contributed by atoms with Gasteiger partial charge in [-0.3, -0.25) is 0 Å². The molecular formula is C26H21F5O2. The Hall–Kier alpha value is -3.22. The van der Waals surface area contributed by atoms with Crippen molar-refractivity contribution in [2.24, 2.45) is 5.92 Å². The summed E-state index contributed by atoms with van der Waals surface area (Å²) in [7, 11) is 0. The van der Waals surface area contributed by atoms with Crippen molar-refractivity contribution in [1.29, 1.82) is 0 Å². The highest BCUT2D eigenvalue weighted by atomic mass is 19.2. The highest BCUT2D eigenvalue weighted by Crippen LogP contribution is 2.40. The van der Waals surface area contributed by atoms with Crippen molar-refractivity contribution in [3.63, 3.8) is 0 Å². The molecule has 0 heterocycles. The molecule has 172 valence electrons. The van der Waals surface area contributed by atoms with E-state index < -0.39 is 51.7 Å². The number of halogens is 5. The summed E-state index contributed by atoms with van der Waals surface area (Å²) in [6.45, 7) is 2.21. The van der Waals surface area contributed by atoms with Gasteiger partial charge in [0.25, 0.3) is 0 Å². The van der Waals surface area contributed by atoms with Gasteiger partial charge in [-0.25, -0.2) is 26.7 Å². The average molecular weight is 460 g/mol. The van der Waals surface area contributed by atoms with Crippen LogP contribution in [0.1, 0.15) is 54.4 Å². The monoisotopic (exact) mass is 460 g/mol. The smallest absolute Gasteiger partial charge is 0.341 e. The molecule has 2 nitrogen and oxygen atoms in total. The van der Waals surface area contributed by atoms with E-state index in [0.717, 1.165) is 37.3 Å². The number of carboxylic acids is 1. The number of carboxylic acid groups (broad SMARTS) is 1. The van der Waals surface area contributed by atoms with Crippen LogP contribution in [0.3, 0.4) is 0 Å². The molecule has 3 aromatic carbocycles. The van der Waals surface area contributed by atoms with Crippen LogP contribution in [0.25, 0.3) is 22.3 Å². The Kier molecular flexibility index (Phi) is 6.23. The molecule has 4 rings (SSSR count). The van der Waals surface area contributed by atoms with Gasteiger partial charge in [0.2, 0.25) is 0 Å². The van der Waals surface area contributed by atoms with Crippen molar-refractivity contribution in [3.05, 3.63) is 82.7 Å². The van der Waals surface area contributed by atoms with E-state index in [1.807, 2.05) is 12.1 Å². The molecule has 0 saturated heterocycles. The Bertz CT molecular complexity index is 1190. The summed E-state index contributed by atoms with van der Waals surface area (Å²) in [6, 6.07) is 8.89. The van der Waals surface area contributed by atoms with Gasteiger partial charge in [0, 0.05) is 5.56 Å². The molecule has 7 heteroatoms. The van der Waals surface area contributed by atoms with E-state index in [-0.39, 0.29) is 5.56 Å². The predicted octanol–water partition coefficient (Wildman–Crippen LogP) is 7.71. The molecule has 1 saturated carbocycles. The number of hydrogen-bond acceptors (Lipinski definition) is 1. The summed E-state index contributed by atoms with van der Waals surface area (Å²) >= 11 is 0. The molecule has 0 unspecified atom stereocenters. The van der Waals surface area contributed by atoms with Gasteiger partial charge in [0.05, 0.1) is 0 Å². The van der Waals surface area contributed by atoms with Crippen LogP contribution in [0.5, 0.6) is 0 Å². The van der Waals surface area contributed by atoms with E-state index >= 15 is 4.39 Å². The molecule has 1 aliphatic carbocycles. The summed E-state index contributed by atoms with van der Waals surface area (Å²) in [5.74, 6) is -8.52. The van der Waals surface area contributed by atoms with Crippen LogP contribution >= 0.6 is 0 Å². The van der Waals surface area contributed by atoms with Crippen molar-refractivity contribution in [2.45, 2.75) is 38.5 Å². The Morgan fingerprint density at radius 2 is 1.36 bits per heavy atom. The molecule has 0 bridgehead atoms. The maximum Gasteiger partial charge on any atom is 0.341 e. The van der Waals surface area contributed by atoms with E-state index in [4.69, 9.17) is 0 Å². The molecule has 1 aliphatic rings. The molecule has 0 aromatic heterocycles. The molecule has 0 amide bonds. The lowest BCUT2D eigenvalue weighted by molar-refractivity contribution is 0.0686. The SMILES string of the molecule is CC1CCC(c2ccc(-c3cc(F)c(C(=O)O)c(F)c3-c3cc(F)c(F)c(F)c3)cc2)CC1. The van der Waals surface area contributed by atoms with Crippen LogP contribution in [0.4, 0.5) is 22.0 Å². The van der Waals surface area contributed by atoms with Gasteiger partial charge in [-0.1, -0.05) is 44.0 Å². The second kappa shape index (κ2) is 8.96. The zero-order valence-corrected chi connectivity index (χ0v) is 17.8. The van der Waals surface area contributed by atoms with Gasteiger partial charge < -0.3 is 5.11 Å². The van der Waals surface area contributed by atoms with Gasteiger partial charge in [-0.15, -0.1) is 0 Å². The van der Waals surface area contributed by atoms with Crippen molar-refractivity contribution < 1.29 is 31.9 Å².